The van der Waals surface area contributed by atoms with Crippen molar-refractivity contribution in [2.45, 2.75) is 13.1 Å². The number of aryl methyl sites for hydroxylation is 1. The highest BCUT2D eigenvalue weighted by atomic mass is 79.9. The van der Waals surface area contributed by atoms with E-state index in [1.54, 1.807) is 43.3 Å². The fraction of sp³-hybridized carbons (Fsp3) is 0.111. The fourth-order valence-corrected chi connectivity index (χ4v) is 2.52. The first kappa shape index (κ1) is 18.2. The SMILES string of the molecule is Cc1cccc(-n2nc(C(F)(F)F)cc2OC(=O)c2ccc(Br)cc2)c1. The maximum Gasteiger partial charge on any atom is 0.435 e. The number of carbonyl (C=O) groups excluding carboxylic acids is 1. The molecular weight excluding hydrogens is 413 g/mol. The lowest BCUT2D eigenvalue weighted by Crippen LogP contribution is -2.12. The number of hydrogen-bond donors (Lipinski definition) is 0. The van der Waals surface area contributed by atoms with Crippen LogP contribution in [0.15, 0.2) is 59.1 Å². The number of ether oxygens (including phenoxy) is 1. The van der Waals surface area contributed by atoms with E-state index in [0.29, 0.717) is 11.8 Å². The number of esters is 1. The van der Waals surface area contributed by atoms with E-state index >= 15 is 0 Å². The highest BCUT2D eigenvalue weighted by Gasteiger charge is 2.36. The molecule has 0 spiro atoms. The number of benzene rings is 2. The molecule has 0 aliphatic carbocycles. The van der Waals surface area contributed by atoms with Gasteiger partial charge < -0.3 is 4.74 Å². The van der Waals surface area contributed by atoms with E-state index < -0.39 is 17.8 Å². The number of carbonyl (C=O) groups is 1. The van der Waals surface area contributed by atoms with Crippen LogP contribution in [0.2, 0.25) is 0 Å². The van der Waals surface area contributed by atoms with Crippen molar-refractivity contribution in [2.24, 2.45) is 0 Å². The molecule has 0 fully saturated rings. The zero-order valence-electron chi connectivity index (χ0n) is 13.4. The highest BCUT2D eigenvalue weighted by Crippen LogP contribution is 2.32. The largest absolute Gasteiger partial charge is 0.435 e. The Hall–Kier alpha value is -2.61. The van der Waals surface area contributed by atoms with Crippen LogP contribution in [0.25, 0.3) is 5.69 Å². The third kappa shape index (κ3) is 3.96. The van der Waals surface area contributed by atoms with Crippen LogP contribution in [0.3, 0.4) is 0 Å². The van der Waals surface area contributed by atoms with Gasteiger partial charge in [-0.25, -0.2) is 9.48 Å². The standard InChI is InChI=1S/C18H12BrF3N2O2/c1-11-3-2-4-14(9-11)24-16(10-15(23-24)18(20,21)22)26-17(25)12-5-7-13(19)8-6-12/h2-10H,1H3. The summed E-state index contributed by atoms with van der Waals surface area (Å²) in [5.41, 5.74) is 0.257. The van der Waals surface area contributed by atoms with Crippen molar-refractivity contribution in [1.82, 2.24) is 9.78 Å². The minimum atomic E-state index is -4.66. The Bertz CT molecular complexity index is 950. The average molecular weight is 425 g/mol. The van der Waals surface area contributed by atoms with Crippen LogP contribution < -0.4 is 4.74 Å². The van der Waals surface area contributed by atoms with Crippen LogP contribution in [0.1, 0.15) is 21.6 Å². The summed E-state index contributed by atoms with van der Waals surface area (Å²) in [5.74, 6) is -1.09. The van der Waals surface area contributed by atoms with Crippen molar-refractivity contribution < 1.29 is 22.7 Å². The van der Waals surface area contributed by atoms with E-state index in [1.807, 2.05) is 0 Å². The third-order valence-electron chi connectivity index (χ3n) is 3.49. The van der Waals surface area contributed by atoms with Crippen molar-refractivity contribution in [3.8, 4) is 11.6 Å². The second-order valence-corrected chi connectivity index (χ2v) is 6.43. The van der Waals surface area contributed by atoms with Gasteiger partial charge in [-0.3, -0.25) is 0 Å². The number of rotatable bonds is 3. The van der Waals surface area contributed by atoms with E-state index in [0.717, 1.165) is 14.7 Å². The van der Waals surface area contributed by atoms with Crippen LogP contribution in [0.4, 0.5) is 13.2 Å². The molecule has 1 aromatic heterocycles. The van der Waals surface area contributed by atoms with E-state index in [4.69, 9.17) is 4.74 Å². The van der Waals surface area contributed by atoms with Gasteiger partial charge in [-0.15, -0.1) is 0 Å². The molecule has 0 N–H and O–H groups in total. The van der Waals surface area contributed by atoms with Crippen molar-refractivity contribution in [1.29, 1.82) is 0 Å². The second-order valence-electron chi connectivity index (χ2n) is 5.51. The molecular formula is C18H12BrF3N2O2. The number of halogens is 4. The predicted molar refractivity (Wildman–Crippen MR) is 92.4 cm³/mol. The quantitative estimate of drug-likeness (QED) is 0.544. The Morgan fingerprint density at radius 1 is 1.12 bits per heavy atom. The van der Waals surface area contributed by atoms with Gasteiger partial charge in [-0.2, -0.15) is 18.3 Å². The molecule has 0 atom stereocenters. The Morgan fingerprint density at radius 3 is 2.42 bits per heavy atom. The van der Waals surface area contributed by atoms with Gasteiger partial charge in [0.1, 0.15) is 0 Å². The Kier molecular flexibility index (Phi) is 4.86. The van der Waals surface area contributed by atoms with Crippen LogP contribution in [0, 0.1) is 6.92 Å². The first-order valence-corrected chi connectivity index (χ1v) is 8.25. The van der Waals surface area contributed by atoms with Gasteiger partial charge in [-0.1, -0.05) is 28.1 Å². The minimum absolute atomic E-state index is 0.207. The molecule has 134 valence electrons. The van der Waals surface area contributed by atoms with Gasteiger partial charge in [0, 0.05) is 10.5 Å². The summed E-state index contributed by atoms with van der Waals surface area (Å²) in [6.07, 6.45) is -4.66. The Labute approximate surface area is 155 Å². The van der Waals surface area contributed by atoms with Crippen LogP contribution >= 0.6 is 15.9 Å². The summed E-state index contributed by atoms with van der Waals surface area (Å²) in [5, 5.41) is 3.56. The van der Waals surface area contributed by atoms with Gasteiger partial charge in [-0.05, 0) is 48.9 Å². The number of alkyl halides is 3. The topological polar surface area (TPSA) is 44.1 Å². The number of nitrogens with zero attached hydrogens (tertiary/aromatic N) is 2. The van der Waals surface area contributed by atoms with Crippen molar-refractivity contribution in [2.75, 3.05) is 0 Å². The molecule has 0 unspecified atom stereocenters. The normalized spacial score (nSPS) is 11.4. The molecule has 3 aromatic rings. The lowest BCUT2D eigenvalue weighted by atomic mass is 10.2. The van der Waals surface area contributed by atoms with Crippen LogP contribution in [-0.4, -0.2) is 15.7 Å². The van der Waals surface area contributed by atoms with Gasteiger partial charge in [0.25, 0.3) is 0 Å². The summed E-state index contributed by atoms with van der Waals surface area (Å²) in [6, 6.07) is 13.7. The molecule has 0 aliphatic rings. The smallest absolute Gasteiger partial charge is 0.404 e. The molecule has 0 radical (unpaired) electrons. The Morgan fingerprint density at radius 2 is 1.81 bits per heavy atom. The summed E-state index contributed by atoms with van der Waals surface area (Å²) in [6.45, 7) is 1.80. The van der Waals surface area contributed by atoms with E-state index in [1.165, 1.54) is 12.1 Å². The minimum Gasteiger partial charge on any atom is -0.404 e. The molecule has 4 nitrogen and oxygen atoms in total. The number of aromatic nitrogens is 2. The zero-order valence-corrected chi connectivity index (χ0v) is 15.0. The highest BCUT2D eigenvalue weighted by molar-refractivity contribution is 9.10. The monoisotopic (exact) mass is 424 g/mol. The van der Waals surface area contributed by atoms with Crippen LogP contribution in [-0.2, 0) is 6.18 Å². The lowest BCUT2D eigenvalue weighted by molar-refractivity contribution is -0.141. The van der Waals surface area contributed by atoms with Crippen molar-refractivity contribution >= 4 is 21.9 Å². The van der Waals surface area contributed by atoms with Gasteiger partial charge in [0.05, 0.1) is 11.3 Å². The Balaban J connectivity index is 2.00. The maximum absolute atomic E-state index is 13.1. The van der Waals surface area contributed by atoms with Crippen LogP contribution in [0.5, 0.6) is 5.88 Å². The molecule has 3 rings (SSSR count). The molecule has 0 amide bonds. The molecule has 0 saturated carbocycles. The fourth-order valence-electron chi connectivity index (χ4n) is 2.26. The predicted octanol–water partition coefficient (Wildman–Crippen LogP) is 5.18. The average Bonchev–Trinajstić information content (AvgIpc) is 2.99. The van der Waals surface area contributed by atoms with Crippen molar-refractivity contribution in [3.05, 3.63) is 75.9 Å². The van der Waals surface area contributed by atoms with E-state index in [-0.39, 0.29) is 11.4 Å². The molecule has 0 saturated heterocycles. The summed E-state index contributed by atoms with van der Waals surface area (Å²) < 4.78 is 46.1. The van der Waals surface area contributed by atoms with Crippen molar-refractivity contribution in [3.63, 3.8) is 0 Å². The van der Waals surface area contributed by atoms with E-state index in [9.17, 15) is 18.0 Å². The molecule has 8 heteroatoms. The first-order valence-electron chi connectivity index (χ1n) is 7.46. The molecule has 26 heavy (non-hydrogen) atoms. The molecule has 0 aliphatic heterocycles. The first-order chi connectivity index (χ1) is 12.2. The summed E-state index contributed by atoms with van der Waals surface area (Å²) >= 11 is 3.24. The second kappa shape index (κ2) is 6.95. The van der Waals surface area contributed by atoms with Gasteiger partial charge in [0.2, 0.25) is 5.88 Å². The van der Waals surface area contributed by atoms with Gasteiger partial charge in [0.15, 0.2) is 5.69 Å². The number of hydrogen-bond acceptors (Lipinski definition) is 3. The summed E-state index contributed by atoms with van der Waals surface area (Å²) in [7, 11) is 0. The molecule has 2 aromatic carbocycles. The zero-order chi connectivity index (χ0) is 18.9. The maximum atomic E-state index is 13.1. The van der Waals surface area contributed by atoms with E-state index in [2.05, 4.69) is 21.0 Å². The molecule has 0 bridgehead atoms. The van der Waals surface area contributed by atoms with Gasteiger partial charge >= 0.3 is 12.1 Å². The molecule has 1 heterocycles. The lowest BCUT2D eigenvalue weighted by Gasteiger charge is -2.08. The third-order valence-corrected chi connectivity index (χ3v) is 4.02. The summed E-state index contributed by atoms with van der Waals surface area (Å²) in [4.78, 5) is 12.3.